The van der Waals surface area contributed by atoms with Crippen molar-refractivity contribution in [2.75, 3.05) is 0 Å². The van der Waals surface area contributed by atoms with Crippen LogP contribution in [0.3, 0.4) is 0 Å². The number of thiophene rings is 1. The number of nitrogens with zero attached hydrogens (tertiary/aromatic N) is 3. The second kappa shape index (κ2) is 6.88. The molecule has 0 unspecified atom stereocenters. The van der Waals surface area contributed by atoms with E-state index in [-0.39, 0.29) is 16.7 Å². The molecule has 130 valence electrons. The van der Waals surface area contributed by atoms with Crippen molar-refractivity contribution in [2.24, 2.45) is 0 Å². The first-order chi connectivity index (χ1) is 11.3. The number of carbonyl (C=O) groups excluding carboxylic acids is 1. The van der Waals surface area contributed by atoms with Crippen molar-refractivity contribution in [1.82, 2.24) is 20.1 Å². The maximum absolute atomic E-state index is 12.3. The predicted octanol–water partition coefficient (Wildman–Crippen LogP) is 3.66. The van der Waals surface area contributed by atoms with E-state index in [1.54, 1.807) is 11.3 Å². The molecule has 1 N–H and O–H groups in total. The van der Waals surface area contributed by atoms with E-state index in [2.05, 4.69) is 37.6 Å². The molecule has 1 atom stereocenters. The van der Waals surface area contributed by atoms with Gasteiger partial charge in [-0.1, -0.05) is 17.8 Å². The van der Waals surface area contributed by atoms with Gasteiger partial charge in [0.1, 0.15) is 5.82 Å². The van der Waals surface area contributed by atoms with Gasteiger partial charge in [0.05, 0.1) is 5.25 Å². The summed E-state index contributed by atoms with van der Waals surface area (Å²) in [6.45, 7) is 7.91. The van der Waals surface area contributed by atoms with E-state index in [4.69, 9.17) is 0 Å². The SMILES string of the molecule is C[C@@H](Sc1nnc(Cc2cccs2)n1C1CC1)C(=O)NC(C)(C)C. The Labute approximate surface area is 151 Å². The average molecular weight is 365 g/mol. The van der Waals surface area contributed by atoms with E-state index in [0.29, 0.717) is 6.04 Å². The molecule has 1 aliphatic carbocycles. The average Bonchev–Trinajstić information content (AvgIpc) is 3.03. The topological polar surface area (TPSA) is 59.8 Å². The lowest BCUT2D eigenvalue weighted by Crippen LogP contribution is -2.44. The summed E-state index contributed by atoms with van der Waals surface area (Å²) < 4.78 is 2.24. The van der Waals surface area contributed by atoms with Gasteiger partial charge in [0, 0.05) is 22.9 Å². The van der Waals surface area contributed by atoms with Crippen LogP contribution in [0.2, 0.25) is 0 Å². The van der Waals surface area contributed by atoms with Crippen LogP contribution in [-0.2, 0) is 11.2 Å². The summed E-state index contributed by atoms with van der Waals surface area (Å²) in [6.07, 6.45) is 3.15. The van der Waals surface area contributed by atoms with E-state index in [9.17, 15) is 4.79 Å². The zero-order valence-corrected chi connectivity index (χ0v) is 16.2. The predicted molar refractivity (Wildman–Crippen MR) is 98.6 cm³/mol. The Balaban J connectivity index is 1.74. The van der Waals surface area contributed by atoms with Crippen LogP contribution in [0, 0.1) is 0 Å². The second-order valence-corrected chi connectivity index (χ2v) is 9.60. The molecule has 2 aromatic rings. The molecule has 0 bridgehead atoms. The Kier molecular flexibility index (Phi) is 5.01. The highest BCUT2D eigenvalue weighted by Gasteiger charge is 2.31. The van der Waals surface area contributed by atoms with Crippen molar-refractivity contribution in [1.29, 1.82) is 0 Å². The zero-order valence-electron chi connectivity index (χ0n) is 14.6. The first-order valence-electron chi connectivity index (χ1n) is 8.28. The molecule has 1 amide bonds. The van der Waals surface area contributed by atoms with Gasteiger partial charge in [-0.3, -0.25) is 4.79 Å². The standard InChI is InChI=1S/C17H24N4OS2/c1-11(15(22)18-17(2,3)4)24-16-20-19-14(21(16)12-7-8-12)10-13-6-5-9-23-13/h5-6,9,11-12H,7-8,10H2,1-4H3,(H,18,22)/t11-/m1/s1. The molecule has 3 rings (SSSR count). The molecule has 5 nitrogen and oxygen atoms in total. The van der Waals surface area contributed by atoms with Crippen molar-refractivity contribution in [3.05, 3.63) is 28.2 Å². The third-order valence-corrected chi connectivity index (χ3v) is 5.64. The summed E-state index contributed by atoms with van der Waals surface area (Å²) in [4.78, 5) is 13.6. The Morgan fingerprint density at radius 2 is 2.21 bits per heavy atom. The highest BCUT2D eigenvalue weighted by atomic mass is 32.2. The van der Waals surface area contributed by atoms with Gasteiger partial charge >= 0.3 is 0 Å². The van der Waals surface area contributed by atoms with Crippen LogP contribution in [0.25, 0.3) is 0 Å². The number of aromatic nitrogens is 3. The minimum absolute atomic E-state index is 0.0395. The Morgan fingerprint density at radius 1 is 1.46 bits per heavy atom. The number of nitrogens with one attached hydrogen (secondary N) is 1. The van der Waals surface area contributed by atoms with Gasteiger partial charge in [-0.15, -0.1) is 21.5 Å². The summed E-state index contributed by atoms with van der Waals surface area (Å²) in [5, 5.41) is 14.6. The lowest BCUT2D eigenvalue weighted by Gasteiger charge is -2.23. The fourth-order valence-corrected chi connectivity index (χ4v) is 4.10. The molecule has 0 spiro atoms. The number of hydrogen-bond acceptors (Lipinski definition) is 5. The highest BCUT2D eigenvalue weighted by molar-refractivity contribution is 8.00. The Hall–Kier alpha value is -1.34. The van der Waals surface area contributed by atoms with Crippen molar-refractivity contribution in [3.63, 3.8) is 0 Å². The lowest BCUT2D eigenvalue weighted by atomic mass is 10.1. The maximum atomic E-state index is 12.3. The van der Waals surface area contributed by atoms with Crippen LogP contribution in [0.5, 0.6) is 0 Å². The summed E-state index contributed by atoms with van der Waals surface area (Å²) in [5.74, 6) is 1.04. The molecule has 1 fully saturated rings. The molecule has 24 heavy (non-hydrogen) atoms. The third kappa shape index (κ3) is 4.39. The molecule has 0 aromatic carbocycles. The van der Waals surface area contributed by atoms with Crippen LogP contribution in [0.4, 0.5) is 0 Å². The van der Waals surface area contributed by atoms with E-state index in [1.165, 1.54) is 29.5 Å². The van der Waals surface area contributed by atoms with Crippen LogP contribution in [-0.4, -0.2) is 31.5 Å². The molecule has 2 heterocycles. The van der Waals surface area contributed by atoms with Gasteiger partial charge in [0.25, 0.3) is 0 Å². The fourth-order valence-electron chi connectivity index (χ4n) is 2.46. The molecular weight excluding hydrogens is 340 g/mol. The molecule has 1 aliphatic rings. The van der Waals surface area contributed by atoms with Gasteiger partial charge in [-0.25, -0.2) is 0 Å². The van der Waals surface area contributed by atoms with Crippen LogP contribution >= 0.6 is 23.1 Å². The molecule has 1 saturated carbocycles. The van der Waals surface area contributed by atoms with Crippen LogP contribution in [0.15, 0.2) is 22.7 Å². The highest BCUT2D eigenvalue weighted by Crippen LogP contribution is 2.40. The number of carbonyl (C=O) groups is 1. The van der Waals surface area contributed by atoms with Gasteiger partial charge in [-0.2, -0.15) is 0 Å². The largest absolute Gasteiger partial charge is 0.351 e. The smallest absolute Gasteiger partial charge is 0.233 e. The molecule has 0 saturated heterocycles. The van der Waals surface area contributed by atoms with Crippen LogP contribution < -0.4 is 5.32 Å². The van der Waals surface area contributed by atoms with E-state index >= 15 is 0 Å². The summed E-state index contributed by atoms with van der Waals surface area (Å²) >= 11 is 3.24. The number of rotatable bonds is 6. The number of hydrogen-bond donors (Lipinski definition) is 1. The van der Waals surface area contributed by atoms with E-state index in [0.717, 1.165) is 17.4 Å². The van der Waals surface area contributed by atoms with Crippen LogP contribution in [0.1, 0.15) is 57.3 Å². The van der Waals surface area contributed by atoms with Crippen molar-refractivity contribution >= 4 is 29.0 Å². The minimum atomic E-state index is -0.222. The van der Waals surface area contributed by atoms with Gasteiger partial charge in [0.2, 0.25) is 5.91 Å². The Morgan fingerprint density at radius 3 is 2.79 bits per heavy atom. The molecular formula is C17H24N4OS2. The second-order valence-electron chi connectivity index (χ2n) is 7.26. The first kappa shape index (κ1) is 17.5. The zero-order chi connectivity index (χ0) is 17.3. The minimum Gasteiger partial charge on any atom is -0.351 e. The fraction of sp³-hybridized carbons (Fsp3) is 0.588. The first-order valence-corrected chi connectivity index (χ1v) is 10.0. The molecule has 0 aliphatic heterocycles. The van der Waals surface area contributed by atoms with Gasteiger partial charge in [0.15, 0.2) is 5.16 Å². The normalized spacial score (nSPS) is 16.2. The van der Waals surface area contributed by atoms with Gasteiger partial charge in [-0.05, 0) is 52.0 Å². The lowest BCUT2D eigenvalue weighted by molar-refractivity contribution is -0.121. The van der Waals surface area contributed by atoms with E-state index < -0.39 is 0 Å². The van der Waals surface area contributed by atoms with Crippen molar-refractivity contribution < 1.29 is 4.79 Å². The van der Waals surface area contributed by atoms with Crippen molar-refractivity contribution in [2.45, 2.75) is 68.9 Å². The number of amides is 1. The van der Waals surface area contributed by atoms with E-state index in [1.807, 2.05) is 27.7 Å². The molecule has 7 heteroatoms. The monoisotopic (exact) mass is 364 g/mol. The number of thioether (sulfide) groups is 1. The quantitative estimate of drug-likeness (QED) is 0.795. The van der Waals surface area contributed by atoms with Gasteiger partial charge < -0.3 is 9.88 Å². The maximum Gasteiger partial charge on any atom is 0.233 e. The molecule has 2 aromatic heterocycles. The summed E-state index contributed by atoms with van der Waals surface area (Å²) in [7, 11) is 0. The summed E-state index contributed by atoms with van der Waals surface area (Å²) in [6, 6.07) is 4.69. The van der Waals surface area contributed by atoms with Crippen molar-refractivity contribution in [3.8, 4) is 0 Å². The Bertz CT molecular complexity index is 699. The third-order valence-electron chi connectivity index (χ3n) is 3.71. The molecule has 0 radical (unpaired) electrons. The summed E-state index contributed by atoms with van der Waals surface area (Å²) in [5.41, 5.74) is -0.222.